The Labute approximate surface area is 164 Å². The van der Waals surface area contributed by atoms with Crippen LogP contribution in [0.3, 0.4) is 0 Å². The monoisotopic (exact) mass is 385 g/mol. The molecule has 6 heteroatoms. The highest BCUT2D eigenvalue weighted by molar-refractivity contribution is 6.31. The first kappa shape index (κ1) is 18.1. The Morgan fingerprint density at radius 1 is 1.15 bits per heavy atom. The number of benzene rings is 2. The molecule has 1 saturated heterocycles. The molecule has 0 spiro atoms. The van der Waals surface area contributed by atoms with Gasteiger partial charge in [0, 0.05) is 31.2 Å². The number of carbonyl (C=O) groups excluding carboxylic acids is 1. The second-order valence-corrected chi connectivity index (χ2v) is 7.70. The Morgan fingerprint density at radius 2 is 1.93 bits per heavy atom. The van der Waals surface area contributed by atoms with E-state index in [1.807, 2.05) is 42.5 Å². The van der Waals surface area contributed by atoms with Crippen LogP contribution in [0.25, 0.3) is 0 Å². The highest BCUT2D eigenvalue weighted by Gasteiger charge is 2.27. The number of nitrogens with zero attached hydrogens (tertiary/aromatic N) is 2. The van der Waals surface area contributed by atoms with E-state index in [1.54, 1.807) is 0 Å². The van der Waals surface area contributed by atoms with Crippen LogP contribution in [0, 0.1) is 5.92 Å². The second-order valence-electron chi connectivity index (χ2n) is 7.26. The number of para-hydroxylation sites is 1. The third kappa shape index (κ3) is 4.04. The number of rotatable bonds is 3. The van der Waals surface area contributed by atoms with Gasteiger partial charge >= 0.3 is 0 Å². The van der Waals surface area contributed by atoms with Crippen molar-refractivity contribution in [2.45, 2.75) is 6.42 Å². The van der Waals surface area contributed by atoms with Crippen molar-refractivity contribution < 1.29 is 9.53 Å². The normalized spacial score (nSPS) is 19.9. The van der Waals surface area contributed by atoms with Crippen molar-refractivity contribution in [1.29, 1.82) is 0 Å². The predicted molar refractivity (Wildman–Crippen MR) is 109 cm³/mol. The molecule has 0 aliphatic carbocycles. The Balaban J connectivity index is 1.50. The van der Waals surface area contributed by atoms with E-state index in [1.165, 1.54) is 0 Å². The summed E-state index contributed by atoms with van der Waals surface area (Å²) in [7, 11) is 2.13. The van der Waals surface area contributed by atoms with Gasteiger partial charge in [0.1, 0.15) is 12.4 Å². The van der Waals surface area contributed by atoms with E-state index in [0.29, 0.717) is 18.1 Å². The molecule has 1 N–H and O–H groups in total. The molecule has 2 aliphatic rings. The van der Waals surface area contributed by atoms with Crippen LogP contribution >= 0.6 is 11.6 Å². The largest absolute Gasteiger partial charge is 0.492 e. The molecule has 2 aromatic rings. The van der Waals surface area contributed by atoms with E-state index in [9.17, 15) is 4.79 Å². The molecule has 0 bridgehead atoms. The van der Waals surface area contributed by atoms with E-state index in [0.717, 1.165) is 48.9 Å². The molecular formula is C21H24ClN3O2. The van der Waals surface area contributed by atoms with Crippen molar-refractivity contribution in [3.05, 3.63) is 53.1 Å². The Kier molecular flexibility index (Phi) is 5.23. The summed E-state index contributed by atoms with van der Waals surface area (Å²) in [4.78, 5) is 17.5. The zero-order valence-corrected chi connectivity index (χ0v) is 16.2. The molecule has 142 valence electrons. The minimum Gasteiger partial charge on any atom is -0.492 e. The lowest BCUT2D eigenvalue weighted by molar-refractivity contribution is -0.121. The highest BCUT2D eigenvalue weighted by atomic mass is 35.5. The standard InChI is InChI=1S/C21H24ClN3O2/c1-24-8-10-25(11-9-24)19-7-6-17(22)13-18(19)23-21(26)16-12-15-4-2-3-5-20(15)27-14-16/h2-7,13,16H,8-12,14H2,1H3,(H,23,26)/t16-/m0/s1. The summed E-state index contributed by atoms with van der Waals surface area (Å²) in [6.07, 6.45) is 0.687. The molecule has 1 amide bonds. The van der Waals surface area contributed by atoms with Crippen molar-refractivity contribution in [3.8, 4) is 5.75 Å². The van der Waals surface area contributed by atoms with Crippen molar-refractivity contribution in [1.82, 2.24) is 4.90 Å². The van der Waals surface area contributed by atoms with Crippen molar-refractivity contribution in [2.24, 2.45) is 5.92 Å². The topological polar surface area (TPSA) is 44.8 Å². The van der Waals surface area contributed by atoms with Crippen molar-refractivity contribution in [3.63, 3.8) is 0 Å². The molecule has 4 rings (SSSR count). The van der Waals surface area contributed by atoms with Gasteiger partial charge in [-0.2, -0.15) is 0 Å². The maximum Gasteiger partial charge on any atom is 0.231 e. The number of likely N-dealkylation sites (N-methyl/N-ethyl adjacent to an activating group) is 1. The molecule has 1 atom stereocenters. The van der Waals surface area contributed by atoms with E-state index in [4.69, 9.17) is 16.3 Å². The summed E-state index contributed by atoms with van der Waals surface area (Å²) in [5.41, 5.74) is 2.88. The SMILES string of the molecule is CN1CCN(c2ccc(Cl)cc2NC(=O)[C@@H]2COc3ccccc3C2)CC1. The van der Waals surface area contributed by atoms with E-state index >= 15 is 0 Å². The quantitative estimate of drug-likeness (QED) is 0.880. The van der Waals surface area contributed by atoms with Crippen LogP contribution in [0.2, 0.25) is 5.02 Å². The summed E-state index contributed by atoms with van der Waals surface area (Å²) >= 11 is 6.21. The lowest BCUT2D eigenvalue weighted by Crippen LogP contribution is -2.44. The maximum atomic E-state index is 12.9. The van der Waals surface area contributed by atoms with Crippen LogP contribution in [-0.2, 0) is 11.2 Å². The molecule has 2 aliphatic heterocycles. The molecule has 0 aromatic heterocycles. The van der Waals surface area contributed by atoms with Gasteiger partial charge in [-0.05, 0) is 43.3 Å². The number of halogens is 1. The average Bonchev–Trinajstić information content (AvgIpc) is 2.68. The molecule has 0 unspecified atom stereocenters. The van der Waals surface area contributed by atoms with Gasteiger partial charge in [-0.1, -0.05) is 29.8 Å². The average molecular weight is 386 g/mol. The van der Waals surface area contributed by atoms with Gasteiger partial charge < -0.3 is 19.9 Å². The summed E-state index contributed by atoms with van der Waals surface area (Å²) in [5, 5.41) is 3.72. The van der Waals surface area contributed by atoms with Crippen molar-refractivity contribution >= 4 is 28.9 Å². The number of piperazine rings is 1. The second kappa shape index (κ2) is 7.79. The van der Waals surface area contributed by atoms with Crippen molar-refractivity contribution in [2.75, 3.05) is 50.1 Å². The van der Waals surface area contributed by atoms with Crippen LogP contribution < -0.4 is 15.0 Å². The Hall–Kier alpha value is -2.24. The van der Waals surface area contributed by atoms with Crippen LogP contribution in [0.5, 0.6) is 5.75 Å². The summed E-state index contributed by atoms with van der Waals surface area (Å²) in [5.74, 6) is 0.642. The van der Waals surface area contributed by atoms with Gasteiger partial charge in [-0.25, -0.2) is 0 Å². The van der Waals surface area contributed by atoms with E-state index in [2.05, 4.69) is 22.2 Å². The first-order valence-corrected chi connectivity index (χ1v) is 9.72. The molecular weight excluding hydrogens is 362 g/mol. The summed E-state index contributed by atoms with van der Waals surface area (Å²) in [6, 6.07) is 13.6. The zero-order valence-electron chi connectivity index (χ0n) is 15.5. The number of nitrogens with one attached hydrogen (secondary N) is 1. The van der Waals surface area contributed by atoms with Crippen LogP contribution in [0.1, 0.15) is 5.56 Å². The van der Waals surface area contributed by atoms with E-state index in [-0.39, 0.29) is 11.8 Å². The number of anilines is 2. The first-order valence-electron chi connectivity index (χ1n) is 9.35. The minimum absolute atomic E-state index is 0.0258. The number of carbonyl (C=O) groups is 1. The van der Waals surface area contributed by atoms with Gasteiger partial charge in [-0.15, -0.1) is 0 Å². The van der Waals surface area contributed by atoms with Gasteiger partial charge in [0.15, 0.2) is 0 Å². The molecule has 27 heavy (non-hydrogen) atoms. The fraction of sp³-hybridized carbons (Fsp3) is 0.381. The first-order chi connectivity index (χ1) is 13.1. The number of fused-ring (bicyclic) bond motifs is 1. The van der Waals surface area contributed by atoms with Gasteiger partial charge in [0.2, 0.25) is 5.91 Å². The van der Waals surface area contributed by atoms with Crippen LogP contribution in [-0.4, -0.2) is 50.6 Å². The van der Waals surface area contributed by atoms with Crippen LogP contribution in [0.4, 0.5) is 11.4 Å². The smallest absolute Gasteiger partial charge is 0.231 e. The third-order valence-corrected chi connectivity index (χ3v) is 5.55. The lowest BCUT2D eigenvalue weighted by atomic mass is 9.96. The summed E-state index contributed by atoms with van der Waals surface area (Å²) < 4.78 is 5.77. The molecule has 5 nitrogen and oxygen atoms in total. The highest BCUT2D eigenvalue weighted by Crippen LogP contribution is 2.32. The third-order valence-electron chi connectivity index (χ3n) is 5.31. The van der Waals surface area contributed by atoms with E-state index < -0.39 is 0 Å². The maximum absolute atomic E-state index is 12.9. The van der Waals surface area contributed by atoms with Gasteiger partial charge in [0.25, 0.3) is 0 Å². The predicted octanol–water partition coefficient (Wildman–Crippen LogP) is 3.28. The lowest BCUT2D eigenvalue weighted by Gasteiger charge is -2.35. The number of hydrogen-bond donors (Lipinski definition) is 1. The molecule has 2 heterocycles. The fourth-order valence-corrected chi connectivity index (χ4v) is 3.83. The fourth-order valence-electron chi connectivity index (χ4n) is 3.66. The van der Waals surface area contributed by atoms with Crippen LogP contribution in [0.15, 0.2) is 42.5 Å². The number of hydrogen-bond acceptors (Lipinski definition) is 4. The Bertz CT molecular complexity index is 834. The van der Waals surface area contributed by atoms with Gasteiger partial charge in [0.05, 0.1) is 17.3 Å². The number of ether oxygens (including phenoxy) is 1. The minimum atomic E-state index is -0.209. The van der Waals surface area contributed by atoms with Gasteiger partial charge in [-0.3, -0.25) is 4.79 Å². The zero-order chi connectivity index (χ0) is 18.8. The Morgan fingerprint density at radius 3 is 2.74 bits per heavy atom. The molecule has 0 radical (unpaired) electrons. The summed E-state index contributed by atoms with van der Waals surface area (Å²) in [6.45, 7) is 4.27. The number of amides is 1. The molecule has 0 saturated carbocycles. The molecule has 2 aromatic carbocycles. The molecule has 1 fully saturated rings.